The van der Waals surface area contributed by atoms with Crippen molar-refractivity contribution >= 4 is 11.8 Å². The third kappa shape index (κ3) is 4.19. The zero-order valence-electron chi connectivity index (χ0n) is 11.5. The number of aliphatic hydroxyl groups is 1. The smallest absolute Gasteiger partial charge is 0.305 e. The number of rotatable bonds is 4. The number of furan rings is 1. The Kier molecular flexibility index (Phi) is 4.73. The highest BCUT2D eigenvalue weighted by atomic mass is 16.3. The van der Waals surface area contributed by atoms with Crippen molar-refractivity contribution in [1.29, 1.82) is 0 Å². The summed E-state index contributed by atoms with van der Waals surface area (Å²) >= 11 is 0. The van der Waals surface area contributed by atoms with E-state index in [1.54, 1.807) is 37.3 Å². The Labute approximate surface area is 121 Å². The largest absolute Gasteiger partial charge is 0.456 e. The SMILES string of the molecule is Cc1ccc(C(=O)NNC(=O)CC(O)c2ccccc2)o1. The minimum absolute atomic E-state index is 0.108. The summed E-state index contributed by atoms with van der Waals surface area (Å²) in [6, 6.07) is 12.0. The van der Waals surface area contributed by atoms with Gasteiger partial charge < -0.3 is 9.52 Å². The van der Waals surface area contributed by atoms with Crippen LogP contribution in [0.3, 0.4) is 0 Å². The first kappa shape index (κ1) is 14.8. The summed E-state index contributed by atoms with van der Waals surface area (Å²) in [6.45, 7) is 1.71. The van der Waals surface area contributed by atoms with Crippen LogP contribution in [0, 0.1) is 6.92 Å². The lowest BCUT2D eigenvalue weighted by atomic mass is 10.1. The zero-order valence-corrected chi connectivity index (χ0v) is 11.5. The maximum atomic E-state index is 11.7. The Bertz CT molecular complexity index is 622. The molecule has 1 unspecified atom stereocenters. The number of aryl methyl sites for hydroxylation is 1. The first-order valence-electron chi connectivity index (χ1n) is 6.45. The third-order valence-corrected chi connectivity index (χ3v) is 2.84. The number of hydrogen-bond acceptors (Lipinski definition) is 4. The van der Waals surface area contributed by atoms with E-state index in [1.807, 2.05) is 6.07 Å². The molecular formula is C15H16N2O4. The number of benzene rings is 1. The third-order valence-electron chi connectivity index (χ3n) is 2.84. The number of hydrogen-bond donors (Lipinski definition) is 3. The molecule has 1 atom stereocenters. The molecule has 21 heavy (non-hydrogen) atoms. The average Bonchev–Trinajstić information content (AvgIpc) is 2.92. The maximum absolute atomic E-state index is 11.7. The lowest BCUT2D eigenvalue weighted by molar-refractivity contribution is -0.123. The lowest BCUT2D eigenvalue weighted by Gasteiger charge is -2.11. The Balaban J connectivity index is 1.81. The van der Waals surface area contributed by atoms with Crippen LogP contribution in [-0.4, -0.2) is 16.9 Å². The minimum Gasteiger partial charge on any atom is -0.456 e. The summed E-state index contributed by atoms with van der Waals surface area (Å²) in [6.07, 6.45) is -1.07. The number of amides is 2. The van der Waals surface area contributed by atoms with Crippen molar-refractivity contribution in [3.63, 3.8) is 0 Å². The zero-order chi connectivity index (χ0) is 15.2. The molecule has 0 saturated heterocycles. The van der Waals surface area contributed by atoms with E-state index in [4.69, 9.17) is 4.42 Å². The normalized spacial score (nSPS) is 11.7. The van der Waals surface area contributed by atoms with E-state index in [2.05, 4.69) is 10.9 Å². The highest BCUT2D eigenvalue weighted by Gasteiger charge is 2.14. The first-order chi connectivity index (χ1) is 10.1. The Morgan fingerprint density at radius 2 is 1.86 bits per heavy atom. The summed E-state index contributed by atoms with van der Waals surface area (Å²) in [5.74, 6) is -0.337. The molecular weight excluding hydrogens is 272 g/mol. The van der Waals surface area contributed by atoms with Gasteiger partial charge in [0.15, 0.2) is 5.76 Å². The molecule has 2 rings (SSSR count). The second-order valence-corrected chi connectivity index (χ2v) is 4.54. The van der Waals surface area contributed by atoms with Crippen molar-refractivity contribution in [2.45, 2.75) is 19.4 Å². The molecule has 0 aliphatic heterocycles. The standard InChI is InChI=1S/C15H16N2O4/c1-10-7-8-13(21-10)15(20)17-16-14(19)9-12(18)11-5-3-2-4-6-11/h2-8,12,18H,9H2,1H3,(H,16,19)(H,17,20). The molecule has 0 saturated carbocycles. The van der Waals surface area contributed by atoms with Crippen molar-refractivity contribution in [1.82, 2.24) is 10.9 Å². The number of hydrazine groups is 1. The van der Waals surface area contributed by atoms with Crippen LogP contribution in [0.1, 0.15) is 34.4 Å². The molecule has 2 amide bonds. The monoisotopic (exact) mass is 288 g/mol. The minimum atomic E-state index is -0.922. The number of carbonyl (C=O) groups is 2. The number of aliphatic hydroxyl groups excluding tert-OH is 1. The van der Waals surface area contributed by atoms with E-state index >= 15 is 0 Å². The Hall–Kier alpha value is -2.60. The number of nitrogens with one attached hydrogen (secondary N) is 2. The van der Waals surface area contributed by atoms with E-state index < -0.39 is 17.9 Å². The average molecular weight is 288 g/mol. The van der Waals surface area contributed by atoms with Gasteiger partial charge in [-0.25, -0.2) is 0 Å². The Morgan fingerprint density at radius 1 is 1.14 bits per heavy atom. The van der Waals surface area contributed by atoms with E-state index in [-0.39, 0.29) is 12.2 Å². The topological polar surface area (TPSA) is 91.6 Å². The van der Waals surface area contributed by atoms with E-state index in [1.165, 1.54) is 6.07 Å². The van der Waals surface area contributed by atoms with Crippen LogP contribution in [0.25, 0.3) is 0 Å². The molecule has 110 valence electrons. The summed E-state index contributed by atoms with van der Waals surface area (Å²) in [4.78, 5) is 23.3. The summed E-state index contributed by atoms with van der Waals surface area (Å²) < 4.78 is 5.12. The van der Waals surface area contributed by atoms with Crippen LogP contribution < -0.4 is 10.9 Å². The fourth-order valence-electron chi connectivity index (χ4n) is 1.76. The molecule has 0 aliphatic carbocycles. The van der Waals surface area contributed by atoms with Crippen LogP contribution >= 0.6 is 0 Å². The van der Waals surface area contributed by atoms with Gasteiger partial charge in [-0.1, -0.05) is 30.3 Å². The number of carbonyl (C=O) groups excluding carboxylic acids is 2. The van der Waals surface area contributed by atoms with Gasteiger partial charge >= 0.3 is 5.91 Å². The van der Waals surface area contributed by atoms with Gasteiger partial charge in [-0.05, 0) is 24.6 Å². The fraction of sp³-hybridized carbons (Fsp3) is 0.200. The highest BCUT2D eigenvalue weighted by molar-refractivity contribution is 5.92. The van der Waals surface area contributed by atoms with Gasteiger partial charge in [0.25, 0.3) is 0 Å². The predicted molar refractivity (Wildman–Crippen MR) is 75.1 cm³/mol. The molecule has 3 N–H and O–H groups in total. The van der Waals surface area contributed by atoms with E-state index in [9.17, 15) is 14.7 Å². The second kappa shape index (κ2) is 6.71. The summed E-state index contributed by atoms with van der Waals surface area (Å²) in [5.41, 5.74) is 5.10. The molecule has 0 bridgehead atoms. The van der Waals surface area contributed by atoms with Crippen LogP contribution in [0.2, 0.25) is 0 Å². The molecule has 0 fully saturated rings. The molecule has 0 aliphatic rings. The van der Waals surface area contributed by atoms with Gasteiger partial charge in [-0.2, -0.15) is 0 Å². The van der Waals surface area contributed by atoms with Crippen molar-refractivity contribution in [3.05, 3.63) is 59.5 Å². The van der Waals surface area contributed by atoms with E-state index in [0.717, 1.165) is 0 Å². The predicted octanol–water partition coefficient (Wildman–Crippen LogP) is 1.47. The van der Waals surface area contributed by atoms with Gasteiger partial charge in [-0.3, -0.25) is 20.4 Å². The molecule has 6 nitrogen and oxygen atoms in total. The van der Waals surface area contributed by atoms with Crippen LogP contribution in [0.15, 0.2) is 46.9 Å². The maximum Gasteiger partial charge on any atom is 0.305 e. The van der Waals surface area contributed by atoms with Gasteiger partial charge in [0, 0.05) is 0 Å². The molecule has 0 spiro atoms. The van der Waals surface area contributed by atoms with Crippen molar-refractivity contribution in [2.24, 2.45) is 0 Å². The molecule has 1 aromatic carbocycles. The lowest BCUT2D eigenvalue weighted by Crippen LogP contribution is -2.42. The van der Waals surface area contributed by atoms with Crippen molar-refractivity contribution in [3.8, 4) is 0 Å². The fourth-order valence-corrected chi connectivity index (χ4v) is 1.76. The quantitative estimate of drug-likeness (QED) is 0.743. The van der Waals surface area contributed by atoms with Gasteiger partial charge in [0.05, 0.1) is 12.5 Å². The van der Waals surface area contributed by atoms with Gasteiger partial charge in [0.1, 0.15) is 5.76 Å². The molecule has 1 aromatic heterocycles. The van der Waals surface area contributed by atoms with Crippen LogP contribution in [0.4, 0.5) is 0 Å². The summed E-state index contributed by atoms with van der Waals surface area (Å²) in [5, 5.41) is 9.88. The van der Waals surface area contributed by atoms with Gasteiger partial charge in [-0.15, -0.1) is 0 Å². The summed E-state index contributed by atoms with van der Waals surface area (Å²) in [7, 11) is 0. The van der Waals surface area contributed by atoms with E-state index in [0.29, 0.717) is 11.3 Å². The first-order valence-corrected chi connectivity index (χ1v) is 6.45. The molecule has 2 aromatic rings. The van der Waals surface area contributed by atoms with Gasteiger partial charge in [0.2, 0.25) is 5.91 Å². The molecule has 6 heteroatoms. The highest BCUT2D eigenvalue weighted by Crippen LogP contribution is 2.15. The Morgan fingerprint density at radius 3 is 2.48 bits per heavy atom. The van der Waals surface area contributed by atoms with Crippen molar-refractivity contribution in [2.75, 3.05) is 0 Å². The van der Waals surface area contributed by atoms with Crippen molar-refractivity contribution < 1.29 is 19.1 Å². The molecule has 0 radical (unpaired) electrons. The second-order valence-electron chi connectivity index (χ2n) is 4.54. The van der Waals surface area contributed by atoms with Crippen LogP contribution in [-0.2, 0) is 4.79 Å². The molecule has 1 heterocycles. The van der Waals surface area contributed by atoms with Crippen LogP contribution in [0.5, 0.6) is 0 Å².